The van der Waals surface area contributed by atoms with Gasteiger partial charge in [0.25, 0.3) is 0 Å². The van der Waals surface area contributed by atoms with Crippen LogP contribution in [0.5, 0.6) is 0 Å². The number of nitrogens with two attached hydrogens (primary N) is 1. The Kier molecular flexibility index (Phi) is 5.82. The summed E-state index contributed by atoms with van der Waals surface area (Å²) in [6.45, 7) is -0.0638. The highest BCUT2D eigenvalue weighted by Gasteiger charge is 2.35. The zero-order valence-electron chi connectivity index (χ0n) is 11.2. The van der Waals surface area contributed by atoms with E-state index in [4.69, 9.17) is 5.73 Å². The Bertz CT molecular complexity index is 633. The molecule has 10 heteroatoms. The second-order valence-electron chi connectivity index (χ2n) is 4.99. The molecular formula is C12H15ClF4N2O2S. The van der Waals surface area contributed by atoms with E-state index in [0.717, 1.165) is 18.9 Å². The largest absolute Gasteiger partial charge is 0.419 e. The molecule has 0 aliphatic heterocycles. The van der Waals surface area contributed by atoms with Crippen LogP contribution in [0, 0.1) is 11.7 Å². The van der Waals surface area contributed by atoms with Gasteiger partial charge in [-0.1, -0.05) is 0 Å². The summed E-state index contributed by atoms with van der Waals surface area (Å²) < 4.78 is 76.8. The van der Waals surface area contributed by atoms with Crippen molar-refractivity contribution in [2.45, 2.75) is 30.0 Å². The number of sulfonamides is 1. The number of nitrogens with one attached hydrogen (secondary N) is 1. The summed E-state index contributed by atoms with van der Waals surface area (Å²) in [5.74, 6) is -1.28. The van der Waals surface area contributed by atoms with Gasteiger partial charge in [-0.15, -0.1) is 12.4 Å². The normalized spacial score (nSPS) is 17.0. The molecule has 1 aliphatic rings. The molecule has 4 nitrogen and oxygen atoms in total. The monoisotopic (exact) mass is 362 g/mol. The van der Waals surface area contributed by atoms with Crippen LogP contribution in [0.25, 0.3) is 0 Å². The number of benzene rings is 1. The van der Waals surface area contributed by atoms with Gasteiger partial charge in [-0.2, -0.15) is 13.2 Å². The lowest BCUT2D eigenvalue weighted by atomic mass is 10.2. The van der Waals surface area contributed by atoms with E-state index >= 15 is 0 Å². The fraction of sp³-hybridized carbons (Fsp3) is 0.500. The molecule has 3 N–H and O–H groups in total. The zero-order valence-corrected chi connectivity index (χ0v) is 12.9. The van der Waals surface area contributed by atoms with Crippen molar-refractivity contribution in [3.05, 3.63) is 29.6 Å². The van der Waals surface area contributed by atoms with Gasteiger partial charge in [-0.3, -0.25) is 0 Å². The first-order chi connectivity index (χ1) is 9.61. The van der Waals surface area contributed by atoms with Crippen LogP contribution in [-0.2, 0) is 16.2 Å². The molecule has 0 bridgehead atoms. The Morgan fingerprint density at radius 1 is 1.32 bits per heavy atom. The Balaban J connectivity index is 0.00000242. The van der Waals surface area contributed by atoms with Crippen molar-refractivity contribution in [3.63, 3.8) is 0 Å². The summed E-state index contributed by atoms with van der Waals surface area (Å²) in [6, 6.07) is 1.18. The fourth-order valence-corrected chi connectivity index (χ4v) is 2.97. The van der Waals surface area contributed by atoms with Crippen LogP contribution in [0.3, 0.4) is 0 Å². The van der Waals surface area contributed by atoms with Gasteiger partial charge in [-0.05, 0) is 37.0 Å². The van der Waals surface area contributed by atoms with Gasteiger partial charge < -0.3 is 5.73 Å². The van der Waals surface area contributed by atoms with E-state index in [1.54, 1.807) is 0 Å². The summed E-state index contributed by atoms with van der Waals surface area (Å²) in [6.07, 6.45) is -3.13. The molecule has 1 atom stereocenters. The van der Waals surface area contributed by atoms with Crippen LogP contribution in [0.4, 0.5) is 17.6 Å². The molecule has 1 saturated carbocycles. The number of hydrogen-bond donors (Lipinski definition) is 2. The van der Waals surface area contributed by atoms with E-state index in [0.29, 0.717) is 6.07 Å². The average molecular weight is 363 g/mol. The van der Waals surface area contributed by atoms with Crippen molar-refractivity contribution in [3.8, 4) is 0 Å². The summed E-state index contributed by atoms with van der Waals surface area (Å²) in [5.41, 5.74) is 4.11. The van der Waals surface area contributed by atoms with Crippen molar-refractivity contribution in [2.75, 3.05) is 6.54 Å². The molecule has 0 radical (unpaired) electrons. The van der Waals surface area contributed by atoms with Gasteiger partial charge in [0.15, 0.2) is 0 Å². The molecule has 22 heavy (non-hydrogen) atoms. The van der Waals surface area contributed by atoms with E-state index in [-0.39, 0.29) is 37.0 Å². The second kappa shape index (κ2) is 6.69. The smallest absolute Gasteiger partial charge is 0.326 e. The van der Waals surface area contributed by atoms with Crippen LogP contribution in [0.15, 0.2) is 23.1 Å². The summed E-state index contributed by atoms with van der Waals surface area (Å²) in [5, 5.41) is 0. The van der Waals surface area contributed by atoms with Crippen LogP contribution >= 0.6 is 12.4 Å². The van der Waals surface area contributed by atoms with Crippen LogP contribution in [-0.4, -0.2) is 21.0 Å². The number of halogens is 5. The maximum absolute atomic E-state index is 13.1. The first-order valence-corrected chi connectivity index (χ1v) is 7.71. The van der Waals surface area contributed by atoms with Crippen molar-refractivity contribution in [2.24, 2.45) is 11.7 Å². The third-order valence-electron chi connectivity index (χ3n) is 3.29. The lowest BCUT2D eigenvalue weighted by Gasteiger charge is -2.14. The molecule has 0 saturated heterocycles. The average Bonchev–Trinajstić information content (AvgIpc) is 3.19. The Morgan fingerprint density at radius 2 is 1.91 bits per heavy atom. The highest BCUT2D eigenvalue weighted by Crippen LogP contribution is 2.33. The van der Waals surface area contributed by atoms with E-state index in [1.807, 2.05) is 0 Å². The molecular weight excluding hydrogens is 348 g/mol. The molecule has 0 spiro atoms. The van der Waals surface area contributed by atoms with Gasteiger partial charge in [-0.25, -0.2) is 17.5 Å². The summed E-state index contributed by atoms with van der Waals surface area (Å²) in [7, 11) is -4.16. The van der Waals surface area contributed by atoms with E-state index < -0.39 is 32.5 Å². The van der Waals surface area contributed by atoms with Gasteiger partial charge in [0.05, 0.1) is 10.5 Å². The molecule has 0 heterocycles. The van der Waals surface area contributed by atoms with Gasteiger partial charge in [0, 0.05) is 12.6 Å². The minimum atomic E-state index is -4.96. The first kappa shape index (κ1) is 19.1. The third kappa shape index (κ3) is 4.55. The highest BCUT2D eigenvalue weighted by molar-refractivity contribution is 7.89. The van der Waals surface area contributed by atoms with Gasteiger partial charge in [0.2, 0.25) is 10.0 Å². The van der Waals surface area contributed by atoms with Crippen molar-refractivity contribution < 1.29 is 26.0 Å². The Labute approximate surface area is 131 Å². The quantitative estimate of drug-likeness (QED) is 0.789. The SMILES string of the molecule is Cl.NC(CNS(=O)(=O)c1ccc(F)c(C(F)(F)F)c1)C1CC1. The molecule has 1 aromatic carbocycles. The molecule has 1 aromatic rings. The summed E-state index contributed by atoms with van der Waals surface area (Å²) >= 11 is 0. The lowest BCUT2D eigenvalue weighted by Crippen LogP contribution is -2.38. The standard InChI is InChI=1S/C12H14F4N2O2S.ClH/c13-10-4-3-8(5-9(10)12(14,15)16)21(19,20)18-6-11(17)7-1-2-7;/h3-5,7,11,18H,1-2,6,17H2;1H. The number of hydrogen-bond acceptors (Lipinski definition) is 3. The fourth-order valence-electron chi connectivity index (χ4n) is 1.87. The van der Waals surface area contributed by atoms with Crippen molar-refractivity contribution in [1.29, 1.82) is 0 Å². The Hall–Kier alpha value is -0.900. The maximum Gasteiger partial charge on any atom is 0.419 e. The molecule has 2 rings (SSSR count). The van der Waals surface area contributed by atoms with Crippen LogP contribution < -0.4 is 10.5 Å². The van der Waals surface area contributed by atoms with E-state index in [2.05, 4.69) is 4.72 Å². The van der Waals surface area contributed by atoms with E-state index in [1.165, 1.54) is 0 Å². The minimum Gasteiger partial charge on any atom is -0.326 e. The number of rotatable bonds is 5. The van der Waals surface area contributed by atoms with Gasteiger partial charge >= 0.3 is 6.18 Å². The molecule has 1 fully saturated rings. The second-order valence-corrected chi connectivity index (χ2v) is 6.76. The third-order valence-corrected chi connectivity index (χ3v) is 4.71. The Morgan fingerprint density at radius 3 is 2.41 bits per heavy atom. The predicted molar refractivity (Wildman–Crippen MR) is 74.5 cm³/mol. The molecule has 0 amide bonds. The molecule has 126 valence electrons. The topological polar surface area (TPSA) is 72.2 Å². The van der Waals surface area contributed by atoms with Crippen LogP contribution in [0.1, 0.15) is 18.4 Å². The van der Waals surface area contributed by atoms with Crippen LogP contribution in [0.2, 0.25) is 0 Å². The van der Waals surface area contributed by atoms with Gasteiger partial charge in [0.1, 0.15) is 5.82 Å². The van der Waals surface area contributed by atoms with Crippen molar-refractivity contribution >= 4 is 22.4 Å². The molecule has 1 unspecified atom stereocenters. The molecule has 0 aromatic heterocycles. The zero-order chi connectivity index (χ0) is 15.8. The summed E-state index contributed by atoms with van der Waals surface area (Å²) in [4.78, 5) is -0.640. The predicted octanol–water partition coefficient (Wildman–Crippen LogP) is 2.28. The van der Waals surface area contributed by atoms with E-state index in [9.17, 15) is 26.0 Å². The van der Waals surface area contributed by atoms with Crippen molar-refractivity contribution in [1.82, 2.24) is 4.72 Å². The first-order valence-electron chi connectivity index (χ1n) is 6.23. The molecule has 1 aliphatic carbocycles. The number of alkyl halides is 3. The minimum absolute atomic E-state index is 0. The lowest BCUT2D eigenvalue weighted by molar-refractivity contribution is -0.140. The highest BCUT2D eigenvalue weighted by atomic mass is 35.5. The maximum atomic E-state index is 13.1.